The zero-order valence-electron chi connectivity index (χ0n) is 32.8. The van der Waals surface area contributed by atoms with Crippen molar-refractivity contribution in [1.29, 1.82) is 0 Å². The van der Waals surface area contributed by atoms with E-state index >= 15 is 0 Å². The standard InChI is InChI=1S/C43H84O3SSi/c1-4-7-10-13-16-19-22-25-28-31-38-44-48(42-35-37-43-36-34-41-47-43,45-39-32-29-26-23-20-17-14-11-8-5-2)46-40-33-30-27-24-21-18-15-12-9-6-3/h34,36,41H,4-33,35,37-40,42H2,1-3H3. The van der Waals surface area contributed by atoms with E-state index in [2.05, 4.69) is 38.3 Å². The quantitative estimate of drug-likeness (QED) is 0.0502. The Labute approximate surface area is 306 Å². The van der Waals surface area contributed by atoms with Crippen LogP contribution in [0.4, 0.5) is 0 Å². The fraction of sp³-hybridized carbons (Fsp3) is 0.907. The SMILES string of the molecule is CCCCCCCCCCCCO[Si](CCCc1cccs1)(OCCCCCCCCCCCC)OCCCCCCCCCCCC. The number of aryl methyl sites for hydroxylation is 1. The Morgan fingerprint density at radius 1 is 0.417 bits per heavy atom. The van der Waals surface area contributed by atoms with Crippen LogP contribution < -0.4 is 0 Å². The first-order chi connectivity index (χ1) is 23.8. The first-order valence-corrected chi connectivity index (χ1v) is 24.5. The fourth-order valence-electron chi connectivity index (χ4n) is 6.73. The van der Waals surface area contributed by atoms with Gasteiger partial charge < -0.3 is 13.3 Å². The minimum atomic E-state index is -2.71. The molecule has 0 spiro atoms. The van der Waals surface area contributed by atoms with E-state index in [0.717, 1.165) is 58.0 Å². The fourth-order valence-corrected chi connectivity index (χ4v) is 10.1. The van der Waals surface area contributed by atoms with Gasteiger partial charge in [-0.25, -0.2) is 0 Å². The Morgan fingerprint density at radius 2 is 0.729 bits per heavy atom. The van der Waals surface area contributed by atoms with E-state index in [0.29, 0.717) is 0 Å². The van der Waals surface area contributed by atoms with Crippen molar-refractivity contribution in [2.24, 2.45) is 0 Å². The second-order valence-electron chi connectivity index (χ2n) is 14.7. The van der Waals surface area contributed by atoms with Crippen LogP contribution in [0.1, 0.15) is 225 Å². The van der Waals surface area contributed by atoms with Gasteiger partial charge in [-0.15, -0.1) is 11.3 Å². The molecule has 48 heavy (non-hydrogen) atoms. The van der Waals surface area contributed by atoms with E-state index < -0.39 is 8.80 Å². The molecule has 1 heterocycles. The average Bonchev–Trinajstić information content (AvgIpc) is 3.62. The van der Waals surface area contributed by atoms with Gasteiger partial charge in [-0.05, 0) is 43.6 Å². The summed E-state index contributed by atoms with van der Waals surface area (Å²) < 4.78 is 20.4. The van der Waals surface area contributed by atoms with Crippen LogP contribution in [0.5, 0.6) is 0 Å². The van der Waals surface area contributed by atoms with Crippen LogP contribution in [0.25, 0.3) is 0 Å². The number of thiophene rings is 1. The molecule has 0 aliphatic rings. The third-order valence-corrected chi connectivity index (χ3v) is 13.8. The van der Waals surface area contributed by atoms with Crippen LogP contribution in [0.3, 0.4) is 0 Å². The third kappa shape index (κ3) is 29.5. The molecule has 0 saturated heterocycles. The van der Waals surface area contributed by atoms with E-state index in [-0.39, 0.29) is 0 Å². The lowest BCUT2D eigenvalue weighted by Crippen LogP contribution is -2.46. The van der Waals surface area contributed by atoms with Crippen molar-refractivity contribution in [2.75, 3.05) is 19.8 Å². The molecule has 0 atom stereocenters. The number of hydrogen-bond acceptors (Lipinski definition) is 4. The summed E-state index contributed by atoms with van der Waals surface area (Å²) in [4.78, 5) is 1.47. The maximum Gasteiger partial charge on any atom is 0.500 e. The van der Waals surface area contributed by atoms with Crippen molar-refractivity contribution >= 4 is 20.1 Å². The van der Waals surface area contributed by atoms with Crippen LogP contribution >= 0.6 is 11.3 Å². The largest absolute Gasteiger partial charge is 0.500 e. The van der Waals surface area contributed by atoms with Crippen LogP contribution in [0.15, 0.2) is 17.5 Å². The highest BCUT2D eigenvalue weighted by atomic mass is 32.1. The monoisotopic (exact) mass is 709 g/mol. The molecule has 3 nitrogen and oxygen atoms in total. The van der Waals surface area contributed by atoms with E-state index in [9.17, 15) is 0 Å². The molecule has 0 bridgehead atoms. The molecule has 0 unspecified atom stereocenters. The first kappa shape index (κ1) is 45.8. The van der Waals surface area contributed by atoms with Gasteiger partial charge in [-0.1, -0.05) is 200 Å². The predicted molar refractivity (Wildman–Crippen MR) is 217 cm³/mol. The highest BCUT2D eigenvalue weighted by molar-refractivity contribution is 7.09. The molecule has 1 aromatic rings. The molecule has 0 aromatic carbocycles. The van der Waals surface area contributed by atoms with Crippen molar-refractivity contribution in [2.45, 2.75) is 232 Å². The van der Waals surface area contributed by atoms with E-state index in [1.807, 2.05) is 11.3 Å². The Kier molecular flexibility index (Phi) is 34.9. The van der Waals surface area contributed by atoms with Crippen LogP contribution in [0, 0.1) is 0 Å². The summed E-state index contributed by atoms with van der Waals surface area (Å²) in [6.45, 7) is 9.31. The molecule has 0 radical (unpaired) electrons. The van der Waals surface area contributed by atoms with Gasteiger partial charge in [0, 0.05) is 30.7 Å². The Balaban J connectivity index is 2.53. The average molecular weight is 709 g/mol. The number of hydrogen-bond donors (Lipinski definition) is 0. The predicted octanol–water partition coefficient (Wildman–Crippen LogP) is 15.4. The maximum absolute atomic E-state index is 6.80. The zero-order chi connectivity index (χ0) is 34.5. The van der Waals surface area contributed by atoms with Gasteiger partial charge in [0.25, 0.3) is 0 Å². The summed E-state index contributed by atoms with van der Waals surface area (Å²) in [6.07, 6.45) is 42.7. The molecule has 284 valence electrons. The highest BCUT2D eigenvalue weighted by Crippen LogP contribution is 2.24. The lowest BCUT2D eigenvalue weighted by molar-refractivity contribution is 0.0548. The number of rotatable bonds is 40. The summed E-state index contributed by atoms with van der Waals surface area (Å²) in [5.74, 6) is 0. The van der Waals surface area contributed by atoms with Crippen LogP contribution in [0.2, 0.25) is 6.04 Å². The molecule has 5 heteroatoms. The third-order valence-electron chi connectivity index (χ3n) is 9.95. The topological polar surface area (TPSA) is 27.7 Å². The second kappa shape index (κ2) is 36.6. The molecule has 1 rings (SSSR count). The molecule has 0 N–H and O–H groups in total. The minimum absolute atomic E-state index is 0.803. The molecule has 0 aliphatic carbocycles. The first-order valence-electron chi connectivity index (χ1n) is 21.7. The second-order valence-corrected chi connectivity index (χ2v) is 18.5. The summed E-state index contributed by atoms with van der Waals surface area (Å²) in [7, 11) is -2.71. The molecule has 0 aliphatic heterocycles. The van der Waals surface area contributed by atoms with Crippen LogP contribution in [-0.2, 0) is 19.7 Å². The van der Waals surface area contributed by atoms with Gasteiger partial charge >= 0.3 is 8.80 Å². The van der Waals surface area contributed by atoms with Gasteiger partial charge in [0.2, 0.25) is 0 Å². The Hall–Kier alpha value is -0.203. The van der Waals surface area contributed by atoms with Crippen molar-refractivity contribution in [1.82, 2.24) is 0 Å². The molecular weight excluding hydrogens is 625 g/mol. The summed E-state index contributed by atoms with van der Waals surface area (Å²) >= 11 is 1.87. The smallest absolute Gasteiger partial charge is 0.373 e. The van der Waals surface area contributed by atoms with Gasteiger partial charge in [-0.3, -0.25) is 0 Å². The summed E-state index contributed by atoms with van der Waals surface area (Å²) in [6, 6.07) is 5.40. The highest BCUT2D eigenvalue weighted by Gasteiger charge is 2.40. The molecule has 0 saturated carbocycles. The van der Waals surface area contributed by atoms with Gasteiger partial charge in [0.1, 0.15) is 0 Å². The van der Waals surface area contributed by atoms with Gasteiger partial charge in [-0.2, -0.15) is 0 Å². The van der Waals surface area contributed by atoms with Crippen molar-refractivity contribution in [3.05, 3.63) is 22.4 Å². The lowest BCUT2D eigenvalue weighted by Gasteiger charge is -2.30. The summed E-state index contributed by atoms with van der Waals surface area (Å²) in [5.41, 5.74) is 0. The van der Waals surface area contributed by atoms with Crippen molar-refractivity contribution in [3.8, 4) is 0 Å². The lowest BCUT2D eigenvalue weighted by atomic mass is 10.1. The maximum atomic E-state index is 6.80. The van der Waals surface area contributed by atoms with Crippen molar-refractivity contribution < 1.29 is 13.3 Å². The van der Waals surface area contributed by atoms with Gasteiger partial charge in [0.05, 0.1) is 0 Å². The minimum Gasteiger partial charge on any atom is -0.373 e. The van der Waals surface area contributed by atoms with Crippen molar-refractivity contribution in [3.63, 3.8) is 0 Å². The van der Waals surface area contributed by atoms with E-state index in [1.54, 1.807) is 0 Å². The zero-order valence-corrected chi connectivity index (χ0v) is 34.6. The Morgan fingerprint density at radius 3 is 1.02 bits per heavy atom. The Bertz CT molecular complexity index is 663. The van der Waals surface area contributed by atoms with Crippen LogP contribution in [-0.4, -0.2) is 28.6 Å². The molecule has 1 aromatic heterocycles. The van der Waals surface area contributed by atoms with E-state index in [4.69, 9.17) is 13.3 Å². The normalized spacial score (nSPS) is 12.0. The van der Waals surface area contributed by atoms with Gasteiger partial charge in [0.15, 0.2) is 0 Å². The molecule has 0 fully saturated rings. The molecular formula is C43H84O3SSi. The van der Waals surface area contributed by atoms with E-state index in [1.165, 1.54) is 178 Å². The molecule has 0 amide bonds. The summed E-state index contributed by atoms with van der Waals surface area (Å²) in [5, 5.41) is 2.20. The number of unbranched alkanes of at least 4 members (excludes halogenated alkanes) is 27.